The molecule has 2 fully saturated rings. The maximum absolute atomic E-state index is 13.7. The van der Waals surface area contributed by atoms with Crippen molar-refractivity contribution in [2.45, 2.75) is 142 Å². The summed E-state index contributed by atoms with van der Waals surface area (Å²) in [6.07, 6.45) is 0.813. The second-order valence-electron chi connectivity index (χ2n) is 15.3. The lowest BCUT2D eigenvalue weighted by molar-refractivity contribution is -0.144. The predicted octanol–water partition coefficient (Wildman–Crippen LogP) is -2.47. The van der Waals surface area contributed by atoms with Crippen LogP contribution in [-0.4, -0.2) is 136 Å². The van der Waals surface area contributed by atoms with E-state index in [0.29, 0.717) is 25.7 Å². The average molecular weight is 780 g/mol. The van der Waals surface area contributed by atoms with Gasteiger partial charge in [0.2, 0.25) is 53.2 Å². The maximum atomic E-state index is 13.7. The summed E-state index contributed by atoms with van der Waals surface area (Å²) >= 11 is 0. The Hall–Kier alpha value is -4.81. The van der Waals surface area contributed by atoms with Crippen molar-refractivity contribution >= 4 is 53.2 Å². The van der Waals surface area contributed by atoms with Gasteiger partial charge in [-0.25, -0.2) is 0 Å². The number of carbonyl (C=O) groups is 9. The topological polar surface area (TPSA) is 279 Å². The third-order valence-corrected chi connectivity index (χ3v) is 9.41. The van der Waals surface area contributed by atoms with Gasteiger partial charge < -0.3 is 52.5 Å². The zero-order valence-electron chi connectivity index (χ0n) is 33.2. The lowest BCUT2D eigenvalue weighted by Gasteiger charge is -2.31. The van der Waals surface area contributed by atoms with Crippen molar-refractivity contribution in [3.8, 4) is 0 Å². The molecular formula is C36H61N9O10. The van der Waals surface area contributed by atoms with E-state index in [1.165, 1.54) is 37.5 Å². The highest BCUT2D eigenvalue weighted by molar-refractivity contribution is 5.97. The molecule has 310 valence electrons. The number of nitrogens with zero attached hydrogens (tertiary/aromatic N) is 2. The third-order valence-electron chi connectivity index (χ3n) is 9.41. The Kier molecular flexibility index (Phi) is 18.0. The molecule has 2 aliphatic rings. The highest BCUT2D eigenvalue weighted by Gasteiger charge is 2.41. The summed E-state index contributed by atoms with van der Waals surface area (Å²) in [5.41, 5.74) is 5.39. The smallest absolute Gasteiger partial charge is 0.245 e. The molecule has 2 rings (SSSR count). The number of amides is 9. The summed E-state index contributed by atoms with van der Waals surface area (Å²) in [6.45, 7) is 12.9. The van der Waals surface area contributed by atoms with Gasteiger partial charge in [-0.3, -0.25) is 43.2 Å². The Labute approximate surface area is 322 Å². The van der Waals surface area contributed by atoms with E-state index < -0.39 is 108 Å². The van der Waals surface area contributed by atoms with Crippen LogP contribution in [0.25, 0.3) is 0 Å². The minimum atomic E-state index is -1.45. The van der Waals surface area contributed by atoms with Gasteiger partial charge in [-0.1, -0.05) is 27.7 Å². The van der Waals surface area contributed by atoms with Crippen LogP contribution >= 0.6 is 0 Å². The van der Waals surface area contributed by atoms with Crippen LogP contribution in [-0.2, 0) is 43.2 Å². The van der Waals surface area contributed by atoms with Crippen LogP contribution < -0.4 is 37.6 Å². The van der Waals surface area contributed by atoms with Gasteiger partial charge in [0.25, 0.3) is 0 Å². The quantitative estimate of drug-likeness (QED) is 0.0684. The van der Waals surface area contributed by atoms with Crippen LogP contribution in [0.15, 0.2) is 0 Å². The van der Waals surface area contributed by atoms with Gasteiger partial charge in [0, 0.05) is 20.0 Å². The fraction of sp³-hybridized carbons (Fsp3) is 0.750. The zero-order chi connectivity index (χ0) is 41.7. The molecule has 9 amide bonds. The first-order valence-electron chi connectivity index (χ1n) is 19.0. The standard InChI is InChI=1S/C36H61N9O10/c1-18(2)15-24(30(37)49)41-34(53)29(22(7)46)43-28(48)17-38-32(51)26-11-9-13-44(26)35(54)21(6)40-33(52)27-12-10-14-45(27)36(55)25(16-19(3)4)42-31(50)20(5)39-23(8)47/h18-22,24-27,29,46H,9-17H2,1-8H3,(H2,37,49)(H,38,51)(H,39,47)(H,40,52)(H,41,53)(H,42,50)(H,43,48)/t20-,21-,22+,24-,25-,26+,27-,29-/m0/s1. The fourth-order valence-electron chi connectivity index (χ4n) is 6.68. The molecule has 2 saturated heterocycles. The highest BCUT2D eigenvalue weighted by Crippen LogP contribution is 2.22. The molecule has 0 aromatic carbocycles. The molecular weight excluding hydrogens is 718 g/mol. The molecule has 19 nitrogen and oxygen atoms in total. The molecule has 0 aromatic rings. The SMILES string of the molecule is CC(=O)N[C@@H](C)C(=O)N[C@@H](CC(C)C)C(=O)N1CCC[C@H]1C(=O)N[C@@H](C)C(=O)N1CCC[C@@H]1C(=O)NCC(=O)N[C@H](C(=O)N[C@@H](CC(C)C)C(N)=O)[C@@H](C)O. The minimum Gasteiger partial charge on any atom is -0.391 e. The second kappa shape index (κ2) is 21.3. The number of hydrogen-bond donors (Lipinski definition) is 8. The number of rotatable bonds is 19. The Morgan fingerprint density at radius 2 is 1.16 bits per heavy atom. The van der Waals surface area contributed by atoms with Gasteiger partial charge in [0.15, 0.2) is 0 Å². The van der Waals surface area contributed by atoms with Crippen molar-refractivity contribution in [3.63, 3.8) is 0 Å². The van der Waals surface area contributed by atoms with Gasteiger partial charge in [0.1, 0.15) is 42.3 Å². The Morgan fingerprint density at radius 3 is 1.67 bits per heavy atom. The first-order valence-corrected chi connectivity index (χ1v) is 19.0. The number of primary amides is 1. The van der Waals surface area contributed by atoms with E-state index in [1.807, 2.05) is 27.7 Å². The summed E-state index contributed by atoms with van der Waals surface area (Å²) in [7, 11) is 0. The fourth-order valence-corrected chi connectivity index (χ4v) is 6.68. The van der Waals surface area contributed by atoms with E-state index in [1.54, 1.807) is 0 Å². The van der Waals surface area contributed by atoms with E-state index in [4.69, 9.17) is 5.73 Å². The first-order chi connectivity index (χ1) is 25.6. The summed E-state index contributed by atoms with van der Waals surface area (Å²) < 4.78 is 0. The van der Waals surface area contributed by atoms with Crippen LogP contribution in [0, 0.1) is 11.8 Å². The maximum Gasteiger partial charge on any atom is 0.245 e. The highest BCUT2D eigenvalue weighted by atomic mass is 16.3. The number of aliphatic hydroxyl groups excluding tert-OH is 1. The van der Waals surface area contributed by atoms with Crippen molar-refractivity contribution in [2.75, 3.05) is 19.6 Å². The van der Waals surface area contributed by atoms with Crippen molar-refractivity contribution in [3.05, 3.63) is 0 Å². The summed E-state index contributed by atoms with van der Waals surface area (Å²) in [4.78, 5) is 118. The van der Waals surface area contributed by atoms with Gasteiger partial charge in [-0.2, -0.15) is 0 Å². The van der Waals surface area contributed by atoms with Crippen molar-refractivity contribution in [2.24, 2.45) is 17.6 Å². The molecule has 0 saturated carbocycles. The number of hydrogen-bond acceptors (Lipinski definition) is 10. The Balaban J connectivity index is 2.02. The van der Waals surface area contributed by atoms with E-state index in [0.717, 1.165) is 0 Å². The molecule has 0 radical (unpaired) electrons. The summed E-state index contributed by atoms with van der Waals surface area (Å²) in [5, 5.41) is 25.3. The van der Waals surface area contributed by atoms with Gasteiger partial charge >= 0.3 is 0 Å². The van der Waals surface area contributed by atoms with Crippen LogP contribution in [0.3, 0.4) is 0 Å². The molecule has 0 bridgehead atoms. The van der Waals surface area contributed by atoms with Crippen molar-refractivity contribution in [1.29, 1.82) is 0 Å². The third kappa shape index (κ3) is 14.1. The van der Waals surface area contributed by atoms with Crippen LogP contribution in [0.2, 0.25) is 0 Å². The minimum absolute atomic E-state index is 0.0163. The van der Waals surface area contributed by atoms with E-state index in [-0.39, 0.29) is 37.8 Å². The number of nitrogens with two attached hydrogens (primary N) is 1. The molecule has 19 heteroatoms. The average Bonchev–Trinajstić information content (AvgIpc) is 3.78. The van der Waals surface area contributed by atoms with Crippen LogP contribution in [0.4, 0.5) is 0 Å². The molecule has 55 heavy (non-hydrogen) atoms. The van der Waals surface area contributed by atoms with E-state index in [2.05, 4.69) is 31.9 Å². The Bertz CT molecular complexity index is 1440. The lowest BCUT2D eigenvalue weighted by atomic mass is 10.0. The molecule has 0 unspecified atom stereocenters. The van der Waals surface area contributed by atoms with Crippen LogP contribution in [0.5, 0.6) is 0 Å². The molecule has 9 N–H and O–H groups in total. The molecule has 2 heterocycles. The number of carbonyl (C=O) groups excluding carboxylic acids is 9. The number of likely N-dealkylation sites (tertiary alicyclic amines) is 2. The monoisotopic (exact) mass is 779 g/mol. The van der Waals surface area contributed by atoms with E-state index >= 15 is 0 Å². The van der Waals surface area contributed by atoms with Gasteiger partial charge in [-0.05, 0) is 71.1 Å². The normalized spacial score (nSPS) is 20.1. The molecule has 0 aliphatic carbocycles. The molecule has 0 spiro atoms. The molecule has 0 aromatic heterocycles. The van der Waals surface area contributed by atoms with Gasteiger partial charge in [0.05, 0.1) is 12.6 Å². The first kappa shape index (κ1) is 46.3. The molecule has 2 aliphatic heterocycles. The second-order valence-corrected chi connectivity index (χ2v) is 15.3. The Morgan fingerprint density at radius 1 is 0.655 bits per heavy atom. The molecule has 8 atom stereocenters. The number of nitrogens with one attached hydrogen (secondary N) is 6. The van der Waals surface area contributed by atoms with Crippen molar-refractivity contribution in [1.82, 2.24) is 41.7 Å². The lowest BCUT2D eigenvalue weighted by Crippen LogP contribution is -2.59. The van der Waals surface area contributed by atoms with E-state index in [9.17, 15) is 48.3 Å². The van der Waals surface area contributed by atoms with Gasteiger partial charge in [-0.15, -0.1) is 0 Å². The zero-order valence-corrected chi connectivity index (χ0v) is 33.2. The van der Waals surface area contributed by atoms with Crippen molar-refractivity contribution < 1.29 is 48.3 Å². The summed E-state index contributed by atoms with van der Waals surface area (Å²) in [5.74, 6) is -5.50. The van der Waals surface area contributed by atoms with Crippen LogP contribution in [0.1, 0.15) is 93.9 Å². The summed E-state index contributed by atoms with van der Waals surface area (Å²) in [6, 6.07) is -7.21. The number of aliphatic hydroxyl groups is 1. The largest absolute Gasteiger partial charge is 0.391 e. The predicted molar refractivity (Wildman–Crippen MR) is 199 cm³/mol.